The Morgan fingerprint density at radius 3 is 2.48 bits per heavy atom. The number of anilines is 1. The van der Waals surface area contributed by atoms with E-state index in [4.69, 9.17) is 4.74 Å². The molecule has 1 aliphatic rings. The molecule has 3 rings (SSSR count). The lowest BCUT2D eigenvalue weighted by Crippen LogP contribution is -2.36. The molecule has 0 saturated carbocycles. The van der Waals surface area contributed by atoms with Crippen LogP contribution in [-0.4, -0.2) is 46.0 Å². The van der Waals surface area contributed by atoms with Crippen molar-refractivity contribution in [3.63, 3.8) is 0 Å². The maximum absolute atomic E-state index is 11.3. The molecule has 21 heavy (non-hydrogen) atoms. The van der Waals surface area contributed by atoms with Crippen LogP contribution in [0.3, 0.4) is 0 Å². The van der Waals surface area contributed by atoms with Gasteiger partial charge in [-0.2, -0.15) is 0 Å². The Morgan fingerprint density at radius 1 is 1.19 bits per heavy atom. The summed E-state index contributed by atoms with van der Waals surface area (Å²) in [6.45, 7) is 4.28. The minimum atomic E-state index is -0.340. The molecule has 0 spiro atoms. The van der Waals surface area contributed by atoms with E-state index < -0.39 is 0 Å². The molecule has 0 aliphatic carbocycles. The van der Waals surface area contributed by atoms with Crippen LogP contribution in [-0.2, 0) is 4.74 Å². The van der Waals surface area contributed by atoms with Crippen molar-refractivity contribution in [1.29, 1.82) is 0 Å². The second-order valence-electron chi connectivity index (χ2n) is 4.85. The smallest absolute Gasteiger partial charge is 0.292 e. The van der Waals surface area contributed by atoms with E-state index >= 15 is 0 Å². The van der Waals surface area contributed by atoms with Crippen molar-refractivity contribution >= 4 is 11.4 Å². The topological polar surface area (TPSA) is 86.3 Å². The van der Waals surface area contributed by atoms with E-state index in [1.54, 1.807) is 23.3 Å². The molecule has 0 amide bonds. The van der Waals surface area contributed by atoms with Gasteiger partial charge in [-0.05, 0) is 18.6 Å². The normalized spacial score (nSPS) is 15.2. The van der Waals surface area contributed by atoms with Gasteiger partial charge in [0.05, 0.1) is 23.8 Å². The molecule has 8 heteroatoms. The van der Waals surface area contributed by atoms with Crippen LogP contribution >= 0.6 is 0 Å². The number of nitro groups is 1. The van der Waals surface area contributed by atoms with E-state index in [0.29, 0.717) is 32.0 Å². The van der Waals surface area contributed by atoms with Gasteiger partial charge >= 0.3 is 0 Å². The van der Waals surface area contributed by atoms with Crippen molar-refractivity contribution in [3.05, 3.63) is 40.5 Å². The van der Waals surface area contributed by atoms with Gasteiger partial charge in [-0.3, -0.25) is 14.7 Å². The Morgan fingerprint density at radius 2 is 1.86 bits per heavy atom. The first-order chi connectivity index (χ1) is 10.2. The number of aromatic nitrogens is 3. The average Bonchev–Trinajstić information content (AvgIpc) is 3.01. The number of hydrogen-bond donors (Lipinski definition) is 0. The number of benzene rings is 1. The predicted octanol–water partition coefficient (Wildman–Crippen LogP) is 1.32. The highest BCUT2D eigenvalue weighted by molar-refractivity contribution is 5.69. The Kier molecular flexibility index (Phi) is 3.53. The predicted molar refractivity (Wildman–Crippen MR) is 75.8 cm³/mol. The lowest BCUT2D eigenvalue weighted by atomic mass is 10.1. The van der Waals surface area contributed by atoms with Crippen LogP contribution in [0.4, 0.5) is 11.4 Å². The maximum Gasteiger partial charge on any atom is 0.292 e. The van der Waals surface area contributed by atoms with Crippen LogP contribution in [0.15, 0.2) is 24.8 Å². The fourth-order valence-corrected chi connectivity index (χ4v) is 2.48. The molecule has 1 fully saturated rings. The zero-order chi connectivity index (χ0) is 14.8. The molecule has 1 aromatic carbocycles. The van der Waals surface area contributed by atoms with Crippen molar-refractivity contribution in [2.45, 2.75) is 6.92 Å². The summed E-state index contributed by atoms with van der Waals surface area (Å²) < 4.78 is 7.06. The standard InChI is InChI=1S/C13H15N5O3/c1-10-6-13(18(19)20)12(16-2-4-21-5-3-16)7-11(10)17-8-14-15-9-17/h6-9H,2-5H2,1H3. The highest BCUT2D eigenvalue weighted by Crippen LogP contribution is 2.33. The van der Waals surface area contributed by atoms with Gasteiger partial charge in [0.2, 0.25) is 0 Å². The number of ether oxygens (including phenoxy) is 1. The van der Waals surface area contributed by atoms with Crippen LogP contribution in [0.5, 0.6) is 0 Å². The van der Waals surface area contributed by atoms with Crippen molar-refractivity contribution in [2.24, 2.45) is 0 Å². The van der Waals surface area contributed by atoms with Gasteiger partial charge in [0.1, 0.15) is 18.3 Å². The molecule has 0 N–H and O–H groups in total. The van der Waals surface area contributed by atoms with E-state index in [2.05, 4.69) is 10.2 Å². The maximum atomic E-state index is 11.3. The van der Waals surface area contributed by atoms with Gasteiger partial charge in [-0.15, -0.1) is 10.2 Å². The van der Waals surface area contributed by atoms with E-state index in [-0.39, 0.29) is 10.6 Å². The molecule has 2 aromatic rings. The summed E-state index contributed by atoms with van der Waals surface area (Å²) in [6, 6.07) is 3.42. The van der Waals surface area contributed by atoms with Crippen molar-refractivity contribution in [1.82, 2.24) is 14.8 Å². The molecule has 110 valence electrons. The Bertz CT molecular complexity index is 650. The number of rotatable bonds is 3. The highest BCUT2D eigenvalue weighted by atomic mass is 16.6. The summed E-state index contributed by atoms with van der Waals surface area (Å²) in [4.78, 5) is 13.0. The summed E-state index contributed by atoms with van der Waals surface area (Å²) >= 11 is 0. The number of morpholine rings is 1. The van der Waals surface area contributed by atoms with Crippen LogP contribution in [0, 0.1) is 17.0 Å². The van der Waals surface area contributed by atoms with Crippen LogP contribution < -0.4 is 4.90 Å². The second-order valence-corrected chi connectivity index (χ2v) is 4.85. The third-order valence-corrected chi connectivity index (χ3v) is 3.54. The van der Waals surface area contributed by atoms with Crippen molar-refractivity contribution in [2.75, 3.05) is 31.2 Å². The first-order valence-electron chi connectivity index (χ1n) is 6.63. The first-order valence-corrected chi connectivity index (χ1v) is 6.63. The fourth-order valence-electron chi connectivity index (χ4n) is 2.48. The monoisotopic (exact) mass is 289 g/mol. The zero-order valence-corrected chi connectivity index (χ0v) is 11.6. The third kappa shape index (κ3) is 2.57. The molecule has 0 radical (unpaired) electrons. The van der Waals surface area contributed by atoms with Crippen LogP contribution in [0.2, 0.25) is 0 Å². The van der Waals surface area contributed by atoms with Gasteiger partial charge in [0.15, 0.2) is 0 Å². The van der Waals surface area contributed by atoms with Crippen molar-refractivity contribution < 1.29 is 9.66 Å². The third-order valence-electron chi connectivity index (χ3n) is 3.54. The summed E-state index contributed by atoms with van der Waals surface area (Å²) in [6.07, 6.45) is 3.16. The summed E-state index contributed by atoms with van der Waals surface area (Å²) in [5.41, 5.74) is 2.37. The molecule has 0 bridgehead atoms. The number of nitrogens with zero attached hydrogens (tertiary/aromatic N) is 5. The Balaban J connectivity index is 2.10. The highest BCUT2D eigenvalue weighted by Gasteiger charge is 2.23. The van der Waals surface area contributed by atoms with E-state index in [9.17, 15) is 10.1 Å². The molecule has 8 nitrogen and oxygen atoms in total. The minimum Gasteiger partial charge on any atom is -0.378 e. The molecule has 1 saturated heterocycles. The molecule has 0 atom stereocenters. The Labute approximate surface area is 121 Å². The number of aryl methyl sites for hydroxylation is 1. The number of hydrogen-bond acceptors (Lipinski definition) is 6. The SMILES string of the molecule is Cc1cc([N+](=O)[O-])c(N2CCOCC2)cc1-n1cnnc1. The molecule has 2 heterocycles. The minimum absolute atomic E-state index is 0.117. The van der Waals surface area contributed by atoms with Gasteiger partial charge in [0.25, 0.3) is 5.69 Å². The van der Waals surface area contributed by atoms with Crippen LogP contribution in [0.25, 0.3) is 5.69 Å². The zero-order valence-electron chi connectivity index (χ0n) is 11.6. The summed E-state index contributed by atoms with van der Waals surface area (Å²) in [5.74, 6) is 0. The molecule has 0 unspecified atom stereocenters. The van der Waals surface area contributed by atoms with Gasteiger partial charge < -0.3 is 9.64 Å². The van der Waals surface area contributed by atoms with Crippen LogP contribution in [0.1, 0.15) is 5.56 Å². The molecular formula is C13H15N5O3. The quantitative estimate of drug-likeness (QED) is 0.625. The van der Waals surface area contributed by atoms with Gasteiger partial charge in [-0.1, -0.05) is 0 Å². The largest absolute Gasteiger partial charge is 0.378 e. The Hall–Kier alpha value is -2.48. The molecular weight excluding hydrogens is 274 g/mol. The lowest BCUT2D eigenvalue weighted by Gasteiger charge is -2.29. The van der Waals surface area contributed by atoms with Gasteiger partial charge in [0, 0.05) is 19.2 Å². The first kappa shape index (κ1) is 13.5. The molecule has 1 aromatic heterocycles. The van der Waals surface area contributed by atoms with E-state index in [1.807, 2.05) is 17.9 Å². The van der Waals surface area contributed by atoms with E-state index in [1.165, 1.54) is 0 Å². The lowest BCUT2D eigenvalue weighted by molar-refractivity contribution is -0.384. The second kappa shape index (κ2) is 5.49. The summed E-state index contributed by atoms with van der Waals surface area (Å²) in [5, 5.41) is 18.9. The molecule has 1 aliphatic heterocycles. The van der Waals surface area contributed by atoms with Gasteiger partial charge in [-0.25, -0.2) is 0 Å². The average molecular weight is 289 g/mol. The fraction of sp³-hybridized carbons (Fsp3) is 0.385. The number of nitro benzene ring substituents is 1. The van der Waals surface area contributed by atoms with E-state index in [0.717, 1.165) is 11.3 Å². The van der Waals surface area contributed by atoms with Crippen molar-refractivity contribution in [3.8, 4) is 5.69 Å². The summed E-state index contributed by atoms with van der Waals surface area (Å²) in [7, 11) is 0.